The molecule has 0 saturated heterocycles. The van der Waals surface area contributed by atoms with Gasteiger partial charge in [0, 0.05) is 23.9 Å². The van der Waals surface area contributed by atoms with Gasteiger partial charge >= 0.3 is 0 Å². The zero-order chi connectivity index (χ0) is 12.8. The van der Waals surface area contributed by atoms with Crippen molar-refractivity contribution in [3.63, 3.8) is 0 Å². The van der Waals surface area contributed by atoms with E-state index in [0.717, 1.165) is 17.6 Å². The highest BCUT2D eigenvalue weighted by molar-refractivity contribution is 5.45. The zero-order valence-electron chi connectivity index (χ0n) is 11.0. The zero-order valence-corrected chi connectivity index (χ0v) is 11.0. The highest BCUT2D eigenvalue weighted by Crippen LogP contribution is 2.55. The summed E-state index contributed by atoms with van der Waals surface area (Å²) in [6.07, 6.45) is 4.32. The minimum absolute atomic E-state index is 0.519. The number of nitrogens with zero attached hydrogens (tertiary/aromatic N) is 2. The molecule has 2 aliphatic carbocycles. The Bertz CT molecular complexity index is 623. The molecule has 3 unspecified atom stereocenters. The van der Waals surface area contributed by atoms with Crippen molar-refractivity contribution < 1.29 is 0 Å². The number of aryl methyl sites for hydroxylation is 2. The van der Waals surface area contributed by atoms with Gasteiger partial charge in [0.2, 0.25) is 5.95 Å². The van der Waals surface area contributed by atoms with E-state index in [-0.39, 0.29) is 0 Å². The Hall–Kier alpha value is -1.90. The molecule has 1 aromatic carbocycles. The monoisotopic (exact) mass is 251 g/mol. The van der Waals surface area contributed by atoms with Crippen LogP contribution in [0.5, 0.6) is 0 Å². The van der Waals surface area contributed by atoms with Crippen LogP contribution in [0.2, 0.25) is 0 Å². The van der Waals surface area contributed by atoms with Crippen molar-refractivity contribution in [2.75, 3.05) is 5.32 Å². The molecule has 1 aromatic heterocycles. The fraction of sp³-hybridized carbons (Fsp3) is 0.375. The van der Waals surface area contributed by atoms with Gasteiger partial charge in [-0.15, -0.1) is 0 Å². The maximum atomic E-state index is 4.44. The third kappa shape index (κ3) is 1.81. The van der Waals surface area contributed by atoms with E-state index >= 15 is 0 Å². The van der Waals surface area contributed by atoms with Crippen molar-refractivity contribution in [3.8, 4) is 0 Å². The first kappa shape index (κ1) is 11.0. The Labute approximate surface area is 113 Å². The van der Waals surface area contributed by atoms with E-state index in [4.69, 9.17) is 0 Å². The molecule has 1 fully saturated rings. The second-order valence-corrected chi connectivity index (χ2v) is 5.62. The Morgan fingerprint density at radius 3 is 3.00 bits per heavy atom. The van der Waals surface area contributed by atoms with Gasteiger partial charge in [-0.3, -0.25) is 0 Å². The summed E-state index contributed by atoms with van der Waals surface area (Å²) in [6.45, 7) is 2.00. The molecule has 3 atom stereocenters. The lowest BCUT2D eigenvalue weighted by Gasteiger charge is -2.13. The van der Waals surface area contributed by atoms with Gasteiger partial charge in [-0.25, -0.2) is 9.97 Å². The summed E-state index contributed by atoms with van der Waals surface area (Å²) in [5.41, 5.74) is 4.07. The van der Waals surface area contributed by atoms with E-state index in [9.17, 15) is 0 Å². The van der Waals surface area contributed by atoms with E-state index in [1.165, 1.54) is 24.0 Å². The Morgan fingerprint density at radius 1 is 1.21 bits per heavy atom. The number of aromatic nitrogens is 2. The van der Waals surface area contributed by atoms with Gasteiger partial charge in [0.25, 0.3) is 0 Å². The quantitative estimate of drug-likeness (QED) is 0.891. The molecule has 19 heavy (non-hydrogen) atoms. The second-order valence-electron chi connectivity index (χ2n) is 5.62. The molecule has 1 N–H and O–H groups in total. The molecule has 0 aliphatic heterocycles. The van der Waals surface area contributed by atoms with Crippen LogP contribution >= 0.6 is 0 Å². The smallest absolute Gasteiger partial charge is 0.223 e. The molecule has 3 heteroatoms. The van der Waals surface area contributed by atoms with E-state index in [2.05, 4.69) is 39.6 Å². The number of fused-ring (bicyclic) bond motifs is 3. The number of rotatable bonds is 2. The van der Waals surface area contributed by atoms with Crippen molar-refractivity contribution in [1.29, 1.82) is 0 Å². The number of hydrogen-bond donors (Lipinski definition) is 1. The molecule has 2 aliphatic rings. The lowest BCUT2D eigenvalue weighted by Crippen LogP contribution is -2.09. The van der Waals surface area contributed by atoms with Crippen LogP contribution in [0.25, 0.3) is 0 Å². The van der Waals surface area contributed by atoms with Gasteiger partial charge in [-0.2, -0.15) is 0 Å². The summed E-state index contributed by atoms with van der Waals surface area (Å²) in [7, 11) is 0. The largest absolute Gasteiger partial charge is 0.351 e. The highest BCUT2D eigenvalue weighted by Gasteiger charge is 2.53. The van der Waals surface area contributed by atoms with E-state index in [1.54, 1.807) is 0 Å². The van der Waals surface area contributed by atoms with Crippen molar-refractivity contribution >= 4 is 5.95 Å². The molecule has 2 aromatic rings. The van der Waals surface area contributed by atoms with Crippen molar-refractivity contribution in [2.24, 2.45) is 5.92 Å². The summed E-state index contributed by atoms with van der Waals surface area (Å²) < 4.78 is 0. The maximum Gasteiger partial charge on any atom is 0.223 e. The first-order valence-corrected chi connectivity index (χ1v) is 6.97. The molecule has 96 valence electrons. The average molecular weight is 251 g/mol. The molecule has 0 radical (unpaired) electrons. The predicted molar refractivity (Wildman–Crippen MR) is 75.2 cm³/mol. The molecular weight excluding hydrogens is 234 g/mol. The predicted octanol–water partition coefficient (Wildman–Crippen LogP) is 2.93. The molecule has 1 heterocycles. The van der Waals surface area contributed by atoms with Gasteiger partial charge in [0.1, 0.15) is 0 Å². The van der Waals surface area contributed by atoms with Crippen LogP contribution in [-0.2, 0) is 6.42 Å². The second kappa shape index (κ2) is 4.05. The van der Waals surface area contributed by atoms with Crippen molar-refractivity contribution in [3.05, 3.63) is 53.3 Å². The van der Waals surface area contributed by atoms with Gasteiger partial charge in [-0.1, -0.05) is 24.3 Å². The molecule has 0 spiro atoms. The van der Waals surface area contributed by atoms with Crippen molar-refractivity contribution in [1.82, 2.24) is 9.97 Å². The number of hydrogen-bond acceptors (Lipinski definition) is 3. The summed E-state index contributed by atoms with van der Waals surface area (Å²) in [5.74, 6) is 2.20. The van der Waals surface area contributed by atoms with E-state index in [1.807, 2.05) is 19.2 Å². The van der Waals surface area contributed by atoms with Crippen LogP contribution in [0.3, 0.4) is 0 Å². The van der Waals surface area contributed by atoms with E-state index < -0.39 is 0 Å². The average Bonchev–Trinajstić information content (AvgIpc) is 3.13. The van der Waals surface area contributed by atoms with Gasteiger partial charge in [0.05, 0.1) is 0 Å². The minimum atomic E-state index is 0.519. The SMILES string of the molecule is Cc1ccnc(NC2C3CCc4ccccc4C32)n1. The van der Waals surface area contributed by atoms with Gasteiger partial charge in [-0.05, 0) is 42.9 Å². The number of nitrogens with one attached hydrogen (secondary N) is 1. The third-order valence-electron chi connectivity index (χ3n) is 4.42. The minimum Gasteiger partial charge on any atom is -0.351 e. The highest BCUT2D eigenvalue weighted by atomic mass is 15.1. The van der Waals surface area contributed by atoms with Crippen LogP contribution in [0.4, 0.5) is 5.95 Å². The van der Waals surface area contributed by atoms with Crippen molar-refractivity contribution in [2.45, 2.75) is 31.7 Å². The standard InChI is InChI=1S/C16H17N3/c1-10-8-9-17-16(18-10)19-15-13-7-6-11-4-2-3-5-12(11)14(13)15/h2-5,8-9,13-15H,6-7H2,1H3,(H,17,18,19). The van der Waals surface area contributed by atoms with Crippen LogP contribution in [0.15, 0.2) is 36.5 Å². The molecule has 4 rings (SSSR count). The summed E-state index contributed by atoms with van der Waals surface area (Å²) >= 11 is 0. The maximum absolute atomic E-state index is 4.44. The van der Waals surface area contributed by atoms with Gasteiger partial charge < -0.3 is 5.32 Å². The fourth-order valence-corrected chi connectivity index (χ4v) is 3.43. The van der Waals surface area contributed by atoms with E-state index in [0.29, 0.717) is 12.0 Å². The molecular formula is C16H17N3. The Kier molecular flexibility index (Phi) is 2.34. The Morgan fingerprint density at radius 2 is 2.11 bits per heavy atom. The van der Waals surface area contributed by atoms with Crippen LogP contribution in [-0.4, -0.2) is 16.0 Å². The normalized spacial score (nSPS) is 27.3. The number of anilines is 1. The topological polar surface area (TPSA) is 37.8 Å². The summed E-state index contributed by atoms with van der Waals surface area (Å²) in [6, 6.07) is 11.3. The van der Waals surface area contributed by atoms with Crippen LogP contribution < -0.4 is 5.32 Å². The summed E-state index contributed by atoms with van der Waals surface area (Å²) in [4.78, 5) is 8.76. The molecule has 1 saturated carbocycles. The third-order valence-corrected chi connectivity index (χ3v) is 4.42. The van der Waals surface area contributed by atoms with Crippen LogP contribution in [0.1, 0.15) is 29.2 Å². The first-order chi connectivity index (χ1) is 9.33. The molecule has 0 amide bonds. The Balaban J connectivity index is 1.58. The van der Waals surface area contributed by atoms with Crippen LogP contribution in [0, 0.1) is 12.8 Å². The lowest BCUT2D eigenvalue weighted by atomic mass is 9.92. The number of benzene rings is 1. The molecule has 3 nitrogen and oxygen atoms in total. The lowest BCUT2D eigenvalue weighted by molar-refractivity contribution is 0.661. The van der Waals surface area contributed by atoms with Gasteiger partial charge in [0.15, 0.2) is 0 Å². The summed E-state index contributed by atoms with van der Waals surface area (Å²) in [5, 5.41) is 3.52. The first-order valence-electron chi connectivity index (χ1n) is 6.97. The fourth-order valence-electron chi connectivity index (χ4n) is 3.43. The molecule has 0 bridgehead atoms.